The second-order valence-corrected chi connectivity index (χ2v) is 11.6. The van der Waals surface area contributed by atoms with Gasteiger partial charge in [0, 0.05) is 50.1 Å². The van der Waals surface area contributed by atoms with E-state index in [0.717, 1.165) is 0 Å². The summed E-state index contributed by atoms with van der Waals surface area (Å²) in [5.41, 5.74) is 1.75. The second kappa shape index (κ2) is 9.59. The van der Waals surface area contributed by atoms with Crippen molar-refractivity contribution in [1.29, 1.82) is 10.5 Å². The highest BCUT2D eigenvalue weighted by molar-refractivity contribution is 6.42. The summed E-state index contributed by atoms with van der Waals surface area (Å²) in [4.78, 5) is 58.2. The second-order valence-electron chi connectivity index (χ2n) is 11.6. The summed E-state index contributed by atoms with van der Waals surface area (Å²) in [6.45, 7) is 7.73. The molecule has 0 radical (unpaired) electrons. The average molecular weight is 581 g/mol. The SMILES string of the molecule is CCC(CC)N1C(=O)c2ccc3c4c(C#N)cc5c6c(cc(C#N)c(c7ccc(c2c37)C1=O)c64)C(=O)N(C(CC)CC)C5=O. The lowest BCUT2D eigenvalue weighted by Gasteiger charge is -2.35. The molecule has 8 heteroatoms. The van der Waals surface area contributed by atoms with E-state index in [0.29, 0.717) is 79.9 Å². The summed E-state index contributed by atoms with van der Waals surface area (Å²) in [6.07, 6.45) is 2.41. The molecule has 0 N–H and O–H groups in total. The molecule has 0 saturated heterocycles. The summed E-state index contributed by atoms with van der Waals surface area (Å²) in [7, 11) is 0. The van der Waals surface area contributed by atoms with Crippen molar-refractivity contribution in [1.82, 2.24) is 9.80 Å². The molecule has 8 nitrogen and oxygen atoms in total. The topological polar surface area (TPSA) is 122 Å². The summed E-state index contributed by atoms with van der Waals surface area (Å²) in [5, 5.41) is 25.2. The van der Waals surface area contributed by atoms with Crippen LogP contribution in [0.5, 0.6) is 0 Å². The number of imide groups is 2. The standard InChI is InChI=1S/C36H28N4O4/c1-5-19(6-2)39-33(41)23-11-9-21-27-17(15-37)13-25-31-26(36(44)40(35(25)43)20(7-3)8-4)14-18(16-38)28(32(27)31)22-10-12-24(34(39)42)30(23)29(21)22/h9-14,19-20H,5-8H2,1-4H3. The van der Waals surface area contributed by atoms with Crippen LogP contribution in [0.15, 0.2) is 36.4 Å². The average Bonchev–Trinajstić information content (AvgIpc) is 3.05. The Morgan fingerprint density at radius 1 is 0.523 bits per heavy atom. The molecule has 2 aliphatic rings. The number of carbonyl (C=O) groups is 4. The summed E-state index contributed by atoms with van der Waals surface area (Å²) >= 11 is 0. The van der Waals surface area contributed by atoms with Gasteiger partial charge in [0.05, 0.1) is 34.4 Å². The van der Waals surface area contributed by atoms with E-state index in [9.17, 15) is 29.7 Å². The van der Waals surface area contributed by atoms with E-state index in [1.807, 2.05) is 27.7 Å². The van der Waals surface area contributed by atoms with E-state index in [1.54, 1.807) is 36.4 Å². The van der Waals surface area contributed by atoms with Gasteiger partial charge in [-0.05, 0) is 66.1 Å². The number of hydrogen-bond acceptors (Lipinski definition) is 6. The van der Waals surface area contributed by atoms with E-state index in [2.05, 4.69) is 12.1 Å². The van der Waals surface area contributed by atoms with E-state index in [4.69, 9.17) is 0 Å². The van der Waals surface area contributed by atoms with Gasteiger partial charge in [-0.25, -0.2) is 0 Å². The molecule has 2 aliphatic heterocycles. The maximum absolute atomic E-state index is 14.0. The fourth-order valence-electron chi connectivity index (χ4n) is 7.65. The van der Waals surface area contributed by atoms with Gasteiger partial charge in [-0.15, -0.1) is 0 Å². The molecule has 0 unspecified atom stereocenters. The highest BCUT2D eigenvalue weighted by Crippen LogP contribution is 2.49. The van der Waals surface area contributed by atoms with E-state index >= 15 is 0 Å². The van der Waals surface area contributed by atoms with Crippen LogP contribution in [0, 0.1) is 22.7 Å². The Morgan fingerprint density at radius 2 is 0.886 bits per heavy atom. The minimum atomic E-state index is -0.455. The molecular weight excluding hydrogens is 552 g/mol. The molecule has 2 heterocycles. The van der Waals surface area contributed by atoms with Crippen molar-refractivity contribution in [2.75, 3.05) is 0 Å². The number of amides is 4. The summed E-state index contributed by atoms with van der Waals surface area (Å²) < 4.78 is 0. The quantitative estimate of drug-likeness (QED) is 0.120. The molecule has 0 bridgehead atoms. The molecule has 0 saturated carbocycles. The van der Waals surface area contributed by atoms with Crippen LogP contribution >= 0.6 is 0 Å². The van der Waals surface area contributed by atoms with E-state index in [-0.39, 0.29) is 46.2 Å². The Labute approximate surface area is 253 Å². The van der Waals surface area contributed by atoms with Gasteiger partial charge in [0.15, 0.2) is 0 Å². The minimum Gasteiger partial charge on any atom is -0.271 e. The third kappa shape index (κ3) is 3.20. The molecule has 5 aromatic rings. The van der Waals surface area contributed by atoms with Crippen LogP contribution in [0.3, 0.4) is 0 Å². The largest absolute Gasteiger partial charge is 0.271 e. The molecule has 5 aromatic carbocycles. The van der Waals surface area contributed by atoms with Crippen LogP contribution in [0.1, 0.15) is 106 Å². The molecule has 0 fully saturated rings. The molecule has 0 atom stereocenters. The fraction of sp³-hybridized carbons (Fsp3) is 0.278. The van der Waals surface area contributed by atoms with Gasteiger partial charge < -0.3 is 0 Å². The Kier molecular flexibility index (Phi) is 5.99. The van der Waals surface area contributed by atoms with Crippen molar-refractivity contribution in [3.05, 3.63) is 69.8 Å². The molecule has 0 aromatic heterocycles. The molecule has 4 amide bonds. The Balaban J connectivity index is 1.68. The van der Waals surface area contributed by atoms with Crippen LogP contribution in [0.4, 0.5) is 0 Å². The van der Waals surface area contributed by atoms with Gasteiger partial charge in [0.2, 0.25) is 0 Å². The van der Waals surface area contributed by atoms with Gasteiger partial charge in [-0.2, -0.15) is 10.5 Å². The van der Waals surface area contributed by atoms with Crippen molar-refractivity contribution in [3.63, 3.8) is 0 Å². The van der Waals surface area contributed by atoms with Gasteiger partial charge in [0.1, 0.15) is 0 Å². The van der Waals surface area contributed by atoms with Gasteiger partial charge in [-0.3, -0.25) is 29.0 Å². The molecule has 7 rings (SSSR count). The predicted molar refractivity (Wildman–Crippen MR) is 167 cm³/mol. The number of nitriles is 2. The number of fused-ring (bicyclic) bond motifs is 2. The molecule has 0 aliphatic carbocycles. The van der Waals surface area contributed by atoms with Crippen LogP contribution in [-0.4, -0.2) is 45.5 Å². The van der Waals surface area contributed by atoms with Gasteiger partial charge in [-0.1, -0.05) is 39.8 Å². The maximum Gasteiger partial charge on any atom is 0.261 e. The first-order chi connectivity index (χ1) is 21.3. The maximum atomic E-state index is 14.0. The van der Waals surface area contributed by atoms with E-state index < -0.39 is 11.8 Å². The first-order valence-corrected chi connectivity index (χ1v) is 15.1. The van der Waals surface area contributed by atoms with Crippen molar-refractivity contribution < 1.29 is 19.2 Å². The zero-order chi connectivity index (χ0) is 31.2. The lowest BCUT2D eigenvalue weighted by molar-refractivity contribution is 0.0514. The van der Waals surface area contributed by atoms with Crippen molar-refractivity contribution in [3.8, 4) is 12.1 Å². The smallest absolute Gasteiger partial charge is 0.261 e. The van der Waals surface area contributed by atoms with Crippen LogP contribution in [0.2, 0.25) is 0 Å². The number of nitrogens with zero attached hydrogens (tertiary/aromatic N) is 4. The summed E-state index contributed by atoms with van der Waals surface area (Å²) in [6, 6.07) is 14.0. The normalized spacial score (nSPS) is 14.7. The number of rotatable bonds is 6. The van der Waals surface area contributed by atoms with Crippen LogP contribution < -0.4 is 0 Å². The zero-order valence-corrected chi connectivity index (χ0v) is 24.9. The Bertz CT molecular complexity index is 2110. The molecule has 0 spiro atoms. The summed E-state index contributed by atoms with van der Waals surface area (Å²) in [5.74, 6) is -1.64. The lowest BCUT2D eigenvalue weighted by atomic mass is 9.79. The fourth-order valence-corrected chi connectivity index (χ4v) is 7.65. The van der Waals surface area contributed by atoms with Gasteiger partial charge >= 0.3 is 0 Å². The third-order valence-electron chi connectivity index (χ3n) is 9.76. The lowest BCUT2D eigenvalue weighted by Crippen LogP contribution is -2.46. The molecule has 216 valence electrons. The highest BCUT2D eigenvalue weighted by atomic mass is 16.2. The monoisotopic (exact) mass is 580 g/mol. The third-order valence-corrected chi connectivity index (χ3v) is 9.76. The van der Waals surface area contributed by atoms with Crippen molar-refractivity contribution in [2.45, 2.75) is 65.5 Å². The first kappa shape index (κ1) is 27.5. The van der Waals surface area contributed by atoms with E-state index in [1.165, 1.54) is 9.80 Å². The number of carbonyl (C=O) groups excluding carboxylic acids is 4. The van der Waals surface area contributed by atoms with Crippen LogP contribution in [0.25, 0.3) is 43.1 Å². The number of benzene rings is 5. The zero-order valence-electron chi connectivity index (χ0n) is 24.9. The molecular formula is C36H28N4O4. The molecule has 44 heavy (non-hydrogen) atoms. The highest BCUT2D eigenvalue weighted by Gasteiger charge is 2.40. The predicted octanol–water partition coefficient (Wildman–Crippen LogP) is 7.05. The number of hydrogen-bond donors (Lipinski definition) is 0. The Hall–Kier alpha value is -5.34. The van der Waals surface area contributed by atoms with Crippen molar-refractivity contribution in [2.24, 2.45) is 0 Å². The van der Waals surface area contributed by atoms with Crippen molar-refractivity contribution >= 4 is 66.7 Å². The minimum absolute atomic E-state index is 0.223. The van der Waals surface area contributed by atoms with Crippen LogP contribution in [-0.2, 0) is 0 Å². The first-order valence-electron chi connectivity index (χ1n) is 15.1. The van der Waals surface area contributed by atoms with Gasteiger partial charge in [0.25, 0.3) is 23.6 Å². The Morgan fingerprint density at radius 3 is 1.25 bits per heavy atom.